The second-order valence-electron chi connectivity index (χ2n) is 3.31. The number of rotatable bonds is 2. The third kappa shape index (κ3) is 2.21. The quantitative estimate of drug-likeness (QED) is 0.632. The lowest BCUT2D eigenvalue weighted by molar-refractivity contribution is -0.149. The highest BCUT2D eigenvalue weighted by molar-refractivity contribution is 5.73. The van der Waals surface area contributed by atoms with Gasteiger partial charge in [-0.2, -0.15) is 0 Å². The van der Waals surface area contributed by atoms with Gasteiger partial charge < -0.3 is 10.5 Å². The highest BCUT2D eigenvalue weighted by Gasteiger charge is 2.28. The Morgan fingerprint density at radius 3 is 2.75 bits per heavy atom. The number of carbonyl (C=O) groups excluding carboxylic acids is 1. The number of nitrogens with two attached hydrogens (primary N) is 1. The van der Waals surface area contributed by atoms with Gasteiger partial charge in [0.2, 0.25) is 0 Å². The minimum absolute atomic E-state index is 0.0257. The third-order valence-corrected chi connectivity index (χ3v) is 2.41. The molecule has 1 aliphatic rings. The zero-order valence-electron chi connectivity index (χ0n) is 7.58. The maximum Gasteiger partial charge on any atom is 0.310 e. The van der Waals surface area contributed by atoms with Gasteiger partial charge in [-0.05, 0) is 19.8 Å². The predicted molar refractivity (Wildman–Crippen MR) is 46.6 cm³/mol. The van der Waals surface area contributed by atoms with E-state index in [0.29, 0.717) is 6.61 Å². The van der Waals surface area contributed by atoms with Gasteiger partial charge in [-0.1, -0.05) is 12.8 Å². The Morgan fingerprint density at radius 1 is 1.50 bits per heavy atom. The van der Waals surface area contributed by atoms with Crippen molar-refractivity contribution in [3.05, 3.63) is 0 Å². The first kappa shape index (κ1) is 9.52. The molecule has 0 aromatic rings. The highest BCUT2D eigenvalue weighted by Crippen LogP contribution is 2.23. The molecule has 2 atom stereocenters. The first-order valence-electron chi connectivity index (χ1n) is 4.68. The topological polar surface area (TPSA) is 52.3 Å². The van der Waals surface area contributed by atoms with Crippen LogP contribution in [0.25, 0.3) is 0 Å². The fraction of sp³-hybridized carbons (Fsp3) is 0.889. The zero-order chi connectivity index (χ0) is 8.97. The first-order chi connectivity index (χ1) is 5.75. The third-order valence-electron chi connectivity index (χ3n) is 2.41. The van der Waals surface area contributed by atoms with Crippen LogP contribution >= 0.6 is 0 Å². The number of hydrogen-bond acceptors (Lipinski definition) is 3. The average molecular weight is 171 g/mol. The lowest BCUT2D eigenvalue weighted by atomic mass is 9.85. The maximum atomic E-state index is 11.3. The van der Waals surface area contributed by atoms with E-state index in [9.17, 15) is 4.79 Å². The normalized spacial score (nSPS) is 29.8. The lowest BCUT2D eigenvalue weighted by Crippen LogP contribution is -2.38. The SMILES string of the molecule is CCOC(=O)[C@@H]1CCCC[C@H]1N. The smallest absolute Gasteiger partial charge is 0.310 e. The van der Waals surface area contributed by atoms with Crippen LogP contribution < -0.4 is 5.73 Å². The highest BCUT2D eigenvalue weighted by atomic mass is 16.5. The van der Waals surface area contributed by atoms with Crippen molar-refractivity contribution in [2.24, 2.45) is 11.7 Å². The van der Waals surface area contributed by atoms with Crippen LogP contribution in [-0.4, -0.2) is 18.6 Å². The molecule has 0 bridgehead atoms. The second kappa shape index (κ2) is 4.45. The summed E-state index contributed by atoms with van der Waals surface area (Å²) in [5, 5.41) is 0. The summed E-state index contributed by atoms with van der Waals surface area (Å²) in [6.45, 7) is 2.29. The van der Waals surface area contributed by atoms with Gasteiger partial charge >= 0.3 is 5.97 Å². The molecule has 3 nitrogen and oxygen atoms in total. The zero-order valence-corrected chi connectivity index (χ0v) is 7.58. The van der Waals surface area contributed by atoms with Crippen LogP contribution in [0.2, 0.25) is 0 Å². The van der Waals surface area contributed by atoms with Crippen LogP contribution in [0.1, 0.15) is 32.6 Å². The molecule has 0 saturated heterocycles. The second-order valence-corrected chi connectivity index (χ2v) is 3.31. The molecule has 0 aromatic carbocycles. The van der Waals surface area contributed by atoms with Crippen molar-refractivity contribution in [1.82, 2.24) is 0 Å². The van der Waals surface area contributed by atoms with Crippen LogP contribution in [0.3, 0.4) is 0 Å². The summed E-state index contributed by atoms with van der Waals surface area (Å²) >= 11 is 0. The van der Waals surface area contributed by atoms with E-state index in [-0.39, 0.29) is 17.9 Å². The standard InChI is InChI=1S/C9H17NO2/c1-2-12-9(11)7-5-3-4-6-8(7)10/h7-8H,2-6,10H2,1H3/t7-,8-/m1/s1. The molecule has 0 unspecified atom stereocenters. The maximum absolute atomic E-state index is 11.3. The number of ether oxygens (including phenoxy) is 1. The monoisotopic (exact) mass is 171 g/mol. The molecule has 1 fully saturated rings. The molecule has 0 amide bonds. The molecule has 0 spiro atoms. The molecule has 1 rings (SSSR count). The van der Waals surface area contributed by atoms with Crippen LogP contribution in [0.4, 0.5) is 0 Å². The molecular formula is C9H17NO2. The fourth-order valence-corrected chi connectivity index (χ4v) is 1.70. The van der Waals surface area contributed by atoms with Gasteiger partial charge in [-0.25, -0.2) is 0 Å². The van der Waals surface area contributed by atoms with Crippen molar-refractivity contribution in [2.75, 3.05) is 6.61 Å². The van der Waals surface area contributed by atoms with Crippen molar-refractivity contribution in [3.63, 3.8) is 0 Å². The summed E-state index contributed by atoms with van der Waals surface area (Å²) < 4.78 is 4.93. The molecule has 3 heteroatoms. The van der Waals surface area contributed by atoms with Gasteiger partial charge in [-0.3, -0.25) is 4.79 Å². The Morgan fingerprint density at radius 2 is 2.17 bits per heavy atom. The van der Waals surface area contributed by atoms with Crippen LogP contribution in [-0.2, 0) is 9.53 Å². The summed E-state index contributed by atoms with van der Waals surface area (Å²) in [7, 11) is 0. The molecule has 0 heterocycles. The largest absolute Gasteiger partial charge is 0.466 e. The fourth-order valence-electron chi connectivity index (χ4n) is 1.70. The lowest BCUT2D eigenvalue weighted by Gasteiger charge is -2.26. The van der Waals surface area contributed by atoms with E-state index >= 15 is 0 Å². The number of carbonyl (C=O) groups is 1. The van der Waals surface area contributed by atoms with Crippen molar-refractivity contribution in [1.29, 1.82) is 0 Å². The Bertz CT molecular complexity index is 159. The molecule has 12 heavy (non-hydrogen) atoms. The van der Waals surface area contributed by atoms with E-state index in [2.05, 4.69) is 0 Å². The Labute approximate surface area is 73.3 Å². The van der Waals surface area contributed by atoms with Gasteiger partial charge in [0.25, 0.3) is 0 Å². The van der Waals surface area contributed by atoms with Crippen molar-refractivity contribution >= 4 is 5.97 Å². The Kier molecular flexibility index (Phi) is 3.53. The minimum Gasteiger partial charge on any atom is -0.466 e. The summed E-state index contributed by atoms with van der Waals surface area (Å²) in [6, 6.07) is 0.0257. The predicted octanol–water partition coefficient (Wildman–Crippen LogP) is 1.07. The van der Waals surface area contributed by atoms with Gasteiger partial charge in [0.15, 0.2) is 0 Å². The van der Waals surface area contributed by atoms with Crippen LogP contribution in [0.15, 0.2) is 0 Å². The molecule has 0 radical (unpaired) electrons. The molecule has 0 aromatic heterocycles. The van der Waals surface area contributed by atoms with Gasteiger partial charge in [0.05, 0.1) is 12.5 Å². The minimum atomic E-state index is -0.107. The van der Waals surface area contributed by atoms with Crippen molar-refractivity contribution in [2.45, 2.75) is 38.6 Å². The van der Waals surface area contributed by atoms with Crippen LogP contribution in [0, 0.1) is 5.92 Å². The summed E-state index contributed by atoms with van der Waals surface area (Å²) in [6.07, 6.45) is 4.12. The molecule has 0 aliphatic heterocycles. The van der Waals surface area contributed by atoms with Crippen LogP contribution in [0.5, 0.6) is 0 Å². The Balaban J connectivity index is 2.42. The van der Waals surface area contributed by atoms with E-state index in [1.54, 1.807) is 0 Å². The van der Waals surface area contributed by atoms with E-state index in [4.69, 9.17) is 10.5 Å². The van der Waals surface area contributed by atoms with Gasteiger partial charge in [0, 0.05) is 6.04 Å². The first-order valence-corrected chi connectivity index (χ1v) is 4.68. The molecular weight excluding hydrogens is 154 g/mol. The number of hydrogen-bond donors (Lipinski definition) is 1. The molecule has 1 saturated carbocycles. The average Bonchev–Trinajstić information content (AvgIpc) is 2.05. The van der Waals surface area contributed by atoms with E-state index in [0.717, 1.165) is 25.7 Å². The molecule has 2 N–H and O–H groups in total. The molecule has 1 aliphatic carbocycles. The molecule has 70 valence electrons. The van der Waals surface area contributed by atoms with Gasteiger partial charge in [0.1, 0.15) is 0 Å². The summed E-state index contributed by atoms with van der Waals surface area (Å²) in [4.78, 5) is 11.3. The summed E-state index contributed by atoms with van der Waals surface area (Å²) in [5.74, 6) is -0.150. The Hall–Kier alpha value is -0.570. The van der Waals surface area contributed by atoms with E-state index in [1.807, 2.05) is 6.92 Å². The van der Waals surface area contributed by atoms with E-state index in [1.165, 1.54) is 0 Å². The van der Waals surface area contributed by atoms with Crippen molar-refractivity contribution < 1.29 is 9.53 Å². The van der Waals surface area contributed by atoms with Crippen molar-refractivity contribution in [3.8, 4) is 0 Å². The van der Waals surface area contributed by atoms with Gasteiger partial charge in [-0.15, -0.1) is 0 Å². The number of esters is 1. The van der Waals surface area contributed by atoms with E-state index < -0.39 is 0 Å². The summed E-state index contributed by atoms with van der Waals surface area (Å²) in [5.41, 5.74) is 5.81.